The molecular formula is C28H22FN3O3. The van der Waals surface area contributed by atoms with E-state index in [0.717, 1.165) is 21.4 Å². The fourth-order valence-electron chi connectivity index (χ4n) is 5.07. The second-order valence-corrected chi connectivity index (χ2v) is 8.83. The molecule has 0 saturated heterocycles. The predicted octanol–water partition coefficient (Wildman–Crippen LogP) is 4.62. The second kappa shape index (κ2) is 7.56. The van der Waals surface area contributed by atoms with Crippen LogP contribution in [0.15, 0.2) is 82.4 Å². The molecule has 174 valence electrons. The van der Waals surface area contributed by atoms with Crippen molar-refractivity contribution in [2.24, 2.45) is 14.1 Å². The molecule has 0 radical (unpaired) electrons. The molecule has 2 aromatic heterocycles. The summed E-state index contributed by atoms with van der Waals surface area (Å²) in [7, 11) is 3.15. The Balaban J connectivity index is 1.88. The van der Waals surface area contributed by atoms with Crippen molar-refractivity contribution in [3.8, 4) is 22.7 Å². The number of hydrogen-bond acceptors (Lipinski definition) is 3. The van der Waals surface area contributed by atoms with Crippen molar-refractivity contribution in [3.63, 3.8) is 0 Å². The van der Waals surface area contributed by atoms with Crippen molar-refractivity contribution in [1.29, 1.82) is 0 Å². The van der Waals surface area contributed by atoms with Gasteiger partial charge in [0.05, 0.1) is 28.0 Å². The summed E-state index contributed by atoms with van der Waals surface area (Å²) in [6.45, 7) is 2.00. The van der Waals surface area contributed by atoms with Crippen LogP contribution in [0.2, 0.25) is 0 Å². The number of nitrogens with zero attached hydrogens (tertiary/aromatic N) is 3. The van der Waals surface area contributed by atoms with E-state index in [1.54, 1.807) is 19.2 Å². The van der Waals surface area contributed by atoms with Gasteiger partial charge in [0.25, 0.3) is 5.56 Å². The van der Waals surface area contributed by atoms with Crippen LogP contribution in [0.4, 0.5) is 4.39 Å². The molecule has 7 heteroatoms. The van der Waals surface area contributed by atoms with Gasteiger partial charge in [-0.15, -0.1) is 0 Å². The molecular weight excluding hydrogens is 445 g/mol. The Morgan fingerprint density at radius 1 is 0.857 bits per heavy atom. The zero-order valence-corrected chi connectivity index (χ0v) is 19.4. The maximum atomic E-state index is 13.8. The molecule has 1 aliphatic rings. The third-order valence-corrected chi connectivity index (χ3v) is 6.78. The molecule has 0 amide bonds. The molecule has 0 fully saturated rings. The first-order chi connectivity index (χ1) is 16.9. The number of hydrogen-bond donors (Lipinski definition) is 0. The minimum Gasteiger partial charge on any atom is -0.477 e. The molecule has 1 unspecified atom stereocenters. The largest absolute Gasteiger partial charge is 0.477 e. The molecule has 0 spiro atoms. The maximum Gasteiger partial charge on any atom is 0.331 e. The van der Waals surface area contributed by atoms with Crippen molar-refractivity contribution in [2.75, 3.05) is 0 Å². The van der Waals surface area contributed by atoms with Crippen LogP contribution in [-0.4, -0.2) is 13.7 Å². The summed E-state index contributed by atoms with van der Waals surface area (Å²) in [5, 5.41) is 0.436. The average molecular weight is 468 g/mol. The van der Waals surface area contributed by atoms with Crippen LogP contribution in [0.1, 0.15) is 22.9 Å². The Bertz CT molecular complexity index is 1760. The van der Waals surface area contributed by atoms with E-state index in [2.05, 4.69) is 0 Å². The summed E-state index contributed by atoms with van der Waals surface area (Å²) in [6.07, 6.45) is -0.663. The number of rotatable bonds is 2. The van der Waals surface area contributed by atoms with Gasteiger partial charge in [0.1, 0.15) is 11.6 Å². The Morgan fingerprint density at radius 2 is 1.54 bits per heavy atom. The molecule has 6 rings (SSSR count). The van der Waals surface area contributed by atoms with Gasteiger partial charge in [-0.3, -0.25) is 13.9 Å². The van der Waals surface area contributed by atoms with E-state index < -0.39 is 11.8 Å². The van der Waals surface area contributed by atoms with Crippen LogP contribution < -0.4 is 16.0 Å². The second-order valence-electron chi connectivity index (χ2n) is 8.83. The molecule has 1 atom stereocenters. The minimum absolute atomic E-state index is 0.355. The Morgan fingerprint density at radius 3 is 2.29 bits per heavy atom. The Hall–Kier alpha value is -4.39. The van der Waals surface area contributed by atoms with Crippen molar-refractivity contribution >= 4 is 10.9 Å². The fourth-order valence-corrected chi connectivity index (χ4v) is 5.07. The average Bonchev–Trinajstić information content (AvgIpc) is 3.23. The number of halogens is 1. The van der Waals surface area contributed by atoms with E-state index in [9.17, 15) is 14.0 Å². The van der Waals surface area contributed by atoms with Crippen LogP contribution in [0.5, 0.6) is 5.75 Å². The van der Waals surface area contributed by atoms with E-state index in [-0.39, 0.29) is 11.4 Å². The lowest BCUT2D eigenvalue weighted by Crippen LogP contribution is -2.37. The van der Waals surface area contributed by atoms with E-state index in [1.165, 1.54) is 23.7 Å². The number of ether oxygens (including phenoxy) is 1. The summed E-state index contributed by atoms with van der Waals surface area (Å²) in [5.74, 6) is 0.276. The van der Waals surface area contributed by atoms with E-state index in [1.807, 2.05) is 60.0 Å². The number of aromatic nitrogens is 3. The van der Waals surface area contributed by atoms with Gasteiger partial charge in [0.15, 0.2) is 6.10 Å². The summed E-state index contributed by atoms with van der Waals surface area (Å²) in [6, 6.07) is 21.6. The lowest BCUT2D eigenvalue weighted by atomic mass is 10.0. The minimum atomic E-state index is -0.663. The maximum absolute atomic E-state index is 13.8. The molecule has 3 heterocycles. The Labute approximate surface area is 200 Å². The van der Waals surface area contributed by atoms with Crippen LogP contribution in [0.25, 0.3) is 27.8 Å². The van der Waals surface area contributed by atoms with Gasteiger partial charge < -0.3 is 9.30 Å². The number of fused-ring (bicyclic) bond motifs is 5. The van der Waals surface area contributed by atoms with Gasteiger partial charge in [0, 0.05) is 19.7 Å². The van der Waals surface area contributed by atoms with Crippen LogP contribution in [-0.2, 0) is 14.1 Å². The lowest BCUT2D eigenvalue weighted by Gasteiger charge is -2.30. The first kappa shape index (κ1) is 21.2. The molecule has 6 nitrogen and oxygen atoms in total. The first-order valence-corrected chi connectivity index (χ1v) is 11.3. The van der Waals surface area contributed by atoms with Crippen LogP contribution in [0, 0.1) is 12.7 Å². The fraction of sp³-hybridized carbons (Fsp3) is 0.143. The highest BCUT2D eigenvalue weighted by Gasteiger charge is 2.36. The zero-order chi connectivity index (χ0) is 24.4. The van der Waals surface area contributed by atoms with Crippen molar-refractivity contribution in [2.45, 2.75) is 13.0 Å². The molecule has 1 aliphatic heterocycles. The molecule has 0 aliphatic carbocycles. The molecule has 3 aromatic carbocycles. The third-order valence-electron chi connectivity index (χ3n) is 6.78. The summed E-state index contributed by atoms with van der Waals surface area (Å²) >= 11 is 0. The van der Waals surface area contributed by atoms with E-state index >= 15 is 0 Å². The van der Waals surface area contributed by atoms with Gasteiger partial charge >= 0.3 is 5.69 Å². The van der Waals surface area contributed by atoms with Gasteiger partial charge in [-0.05, 0) is 42.3 Å². The molecule has 0 saturated carbocycles. The Kier molecular flexibility index (Phi) is 4.57. The monoisotopic (exact) mass is 467 g/mol. The van der Waals surface area contributed by atoms with Crippen molar-refractivity contribution in [1.82, 2.24) is 13.7 Å². The summed E-state index contributed by atoms with van der Waals surface area (Å²) < 4.78 is 24.9. The van der Waals surface area contributed by atoms with Crippen molar-refractivity contribution < 1.29 is 9.13 Å². The van der Waals surface area contributed by atoms with Gasteiger partial charge in [-0.1, -0.05) is 48.5 Å². The van der Waals surface area contributed by atoms with Crippen LogP contribution in [0.3, 0.4) is 0 Å². The summed E-state index contributed by atoms with van der Waals surface area (Å²) in [4.78, 5) is 26.7. The third kappa shape index (κ3) is 2.94. The highest BCUT2D eigenvalue weighted by atomic mass is 19.1. The smallest absolute Gasteiger partial charge is 0.331 e. The number of aryl methyl sites for hydroxylation is 2. The molecule has 5 aromatic rings. The topological polar surface area (TPSA) is 58.2 Å². The number of benzene rings is 3. The number of para-hydroxylation sites is 2. The molecule has 0 N–H and O–H groups in total. The standard InChI is InChI=1S/C28H22FN3O3/c1-16-8-4-5-9-19(16)23-22-24(30(2)28(34)31(3)27(22)33)25-26(17-12-14-18(29)15-13-17)35-21-11-7-6-10-20(21)32(23)25/h4-15,26H,1-3H3. The summed E-state index contributed by atoms with van der Waals surface area (Å²) in [5.41, 5.74) is 4.41. The van der Waals surface area contributed by atoms with Crippen molar-refractivity contribution in [3.05, 3.63) is 116 Å². The van der Waals surface area contributed by atoms with Gasteiger partial charge in [-0.25, -0.2) is 9.18 Å². The SMILES string of the molecule is Cc1ccccc1-c1c2c(=O)n(C)c(=O)n(C)c2c2n1-c1ccccc1OC2c1ccc(F)cc1. The van der Waals surface area contributed by atoms with Gasteiger partial charge in [-0.2, -0.15) is 0 Å². The normalized spacial score (nSPS) is 14.5. The van der Waals surface area contributed by atoms with E-state index in [4.69, 9.17) is 4.74 Å². The predicted molar refractivity (Wildman–Crippen MR) is 133 cm³/mol. The highest BCUT2D eigenvalue weighted by molar-refractivity contribution is 5.98. The van der Waals surface area contributed by atoms with Gasteiger partial charge in [0.2, 0.25) is 0 Å². The lowest BCUT2D eigenvalue weighted by molar-refractivity contribution is 0.229. The molecule has 35 heavy (non-hydrogen) atoms. The van der Waals surface area contributed by atoms with E-state index in [0.29, 0.717) is 33.6 Å². The molecule has 0 bridgehead atoms. The van der Waals surface area contributed by atoms with Crippen LogP contribution >= 0.6 is 0 Å². The quantitative estimate of drug-likeness (QED) is 0.381. The highest BCUT2D eigenvalue weighted by Crippen LogP contribution is 2.46. The first-order valence-electron chi connectivity index (χ1n) is 11.3. The zero-order valence-electron chi connectivity index (χ0n) is 19.4.